The van der Waals surface area contributed by atoms with Gasteiger partial charge in [-0.05, 0) is 31.3 Å². The summed E-state index contributed by atoms with van der Waals surface area (Å²) in [7, 11) is -2.33. The number of hydrogen-bond acceptors (Lipinski definition) is 4. The fourth-order valence-corrected chi connectivity index (χ4v) is 2.95. The van der Waals surface area contributed by atoms with Gasteiger partial charge in [0.2, 0.25) is 10.0 Å². The molecular formula is C13H12BrFN2O3S. The lowest BCUT2D eigenvalue weighted by Gasteiger charge is -2.10. The Morgan fingerprint density at radius 3 is 2.48 bits per heavy atom. The minimum Gasteiger partial charge on any atom is -0.457 e. The van der Waals surface area contributed by atoms with Gasteiger partial charge in [-0.3, -0.25) is 0 Å². The van der Waals surface area contributed by atoms with Crippen molar-refractivity contribution in [2.24, 2.45) is 0 Å². The molecule has 0 fully saturated rings. The van der Waals surface area contributed by atoms with Crippen LogP contribution in [0.15, 0.2) is 45.8 Å². The standard InChI is InChI=1S/C13H12BrFN2O3S/c1-17-21(18,19)13-3-2-10(7-12(13)16)20-11-5-8(14)4-9(15)6-11/h2-7,17H,16H2,1H3. The summed E-state index contributed by atoms with van der Waals surface area (Å²) < 4.78 is 44.8. The van der Waals surface area contributed by atoms with Crippen molar-refractivity contribution in [3.05, 3.63) is 46.7 Å². The van der Waals surface area contributed by atoms with Gasteiger partial charge in [-0.15, -0.1) is 0 Å². The van der Waals surface area contributed by atoms with Crippen LogP contribution in [0.2, 0.25) is 0 Å². The lowest BCUT2D eigenvalue weighted by Crippen LogP contribution is -2.19. The smallest absolute Gasteiger partial charge is 0.242 e. The van der Waals surface area contributed by atoms with E-state index in [4.69, 9.17) is 10.5 Å². The average molecular weight is 375 g/mol. The first-order valence-corrected chi connectivity index (χ1v) is 8.06. The summed E-state index contributed by atoms with van der Waals surface area (Å²) >= 11 is 3.16. The summed E-state index contributed by atoms with van der Waals surface area (Å²) in [5.41, 5.74) is 5.75. The molecule has 8 heteroatoms. The first-order chi connectivity index (χ1) is 9.81. The van der Waals surface area contributed by atoms with Crippen LogP contribution in [0.5, 0.6) is 11.5 Å². The summed E-state index contributed by atoms with van der Waals surface area (Å²) in [6.07, 6.45) is 0. The molecule has 0 amide bonds. The Bertz CT molecular complexity index is 761. The van der Waals surface area contributed by atoms with E-state index in [1.54, 1.807) is 6.07 Å². The predicted molar refractivity (Wildman–Crippen MR) is 81.3 cm³/mol. The number of nitrogen functional groups attached to an aromatic ring is 1. The molecule has 0 unspecified atom stereocenters. The molecule has 21 heavy (non-hydrogen) atoms. The Hall–Kier alpha value is -1.64. The number of rotatable bonds is 4. The van der Waals surface area contributed by atoms with Crippen molar-refractivity contribution in [3.8, 4) is 11.5 Å². The molecule has 0 aliphatic rings. The van der Waals surface area contributed by atoms with Gasteiger partial charge in [0.25, 0.3) is 0 Å². The van der Waals surface area contributed by atoms with E-state index in [1.807, 2.05) is 0 Å². The molecule has 0 heterocycles. The number of ether oxygens (including phenoxy) is 1. The van der Waals surface area contributed by atoms with E-state index in [-0.39, 0.29) is 16.3 Å². The van der Waals surface area contributed by atoms with Gasteiger partial charge in [0.15, 0.2) is 0 Å². The first kappa shape index (κ1) is 15.7. The Morgan fingerprint density at radius 1 is 1.19 bits per heavy atom. The van der Waals surface area contributed by atoms with Crippen molar-refractivity contribution >= 4 is 31.6 Å². The van der Waals surface area contributed by atoms with Gasteiger partial charge in [-0.1, -0.05) is 15.9 Å². The van der Waals surface area contributed by atoms with Crippen molar-refractivity contribution in [1.82, 2.24) is 4.72 Å². The molecule has 0 spiro atoms. The maximum atomic E-state index is 13.3. The summed E-state index contributed by atoms with van der Waals surface area (Å²) in [6.45, 7) is 0. The van der Waals surface area contributed by atoms with Crippen molar-refractivity contribution in [1.29, 1.82) is 0 Å². The highest BCUT2D eigenvalue weighted by molar-refractivity contribution is 9.10. The maximum absolute atomic E-state index is 13.3. The highest BCUT2D eigenvalue weighted by Crippen LogP contribution is 2.29. The normalized spacial score (nSPS) is 11.4. The van der Waals surface area contributed by atoms with Crippen LogP contribution >= 0.6 is 15.9 Å². The Balaban J connectivity index is 2.33. The Morgan fingerprint density at radius 2 is 1.90 bits per heavy atom. The molecule has 112 valence electrons. The maximum Gasteiger partial charge on any atom is 0.242 e. The van der Waals surface area contributed by atoms with Crippen LogP contribution in [0.3, 0.4) is 0 Å². The fourth-order valence-electron chi connectivity index (χ4n) is 1.67. The van der Waals surface area contributed by atoms with E-state index in [1.165, 1.54) is 37.4 Å². The van der Waals surface area contributed by atoms with E-state index < -0.39 is 15.8 Å². The zero-order valence-corrected chi connectivity index (χ0v) is 13.3. The Labute approximate surface area is 130 Å². The van der Waals surface area contributed by atoms with Crippen LogP contribution in [-0.2, 0) is 10.0 Å². The number of benzene rings is 2. The van der Waals surface area contributed by atoms with Gasteiger partial charge < -0.3 is 10.5 Å². The second-order valence-corrected chi connectivity index (χ2v) is 6.89. The zero-order chi connectivity index (χ0) is 15.6. The largest absolute Gasteiger partial charge is 0.457 e. The van der Waals surface area contributed by atoms with E-state index >= 15 is 0 Å². The number of nitrogens with two attached hydrogens (primary N) is 1. The first-order valence-electron chi connectivity index (χ1n) is 5.79. The number of nitrogens with one attached hydrogen (secondary N) is 1. The van der Waals surface area contributed by atoms with Gasteiger partial charge in [-0.25, -0.2) is 17.5 Å². The van der Waals surface area contributed by atoms with Crippen LogP contribution in [0, 0.1) is 5.82 Å². The van der Waals surface area contributed by atoms with E-state index in [9.17, 15) is 12.8 Å². The minimum absolute atomic E-state index is 0.0392. The summed E-state index contributed by atoms with van der Waals surface area (Å²) in [6, 6.07) is 8.22. The predicted octanol–water partition coefficient (Wildman–Crippen LogP) is 2.87. The van der Waals surface area contributed by atoms with E-state index in [2.05, 4.69) is 20.7 Å². The molecule has 0 saturated carbocycles. The third kappa shape index (κ3) is 3.72. The monoisotopic (exact) mass is 374 g/mol. The lowest BCUT2D eigenvalue weighted by atomic mass is 10.3. The molecule has 2 aromatic rings. The SMILES string of the molecule is CNS(=O)(=O)c1ccc(Oc2cc(F)cc(Br)c2)cc1N. The molecule has 3 N–H and O–H groups in total. The van der Waals surface area contributed by atoms with Crippen molar-refractivity contribution < 1.29 is 17.5 Å². The van der Waals surface area contributed by atoms with Crippen LogP contribution in [0.25, 0.3) is 0 Å². The number of hydrogen-bond donors (Lipinski definition) is 2. The summed E-state index contributed by atoms with van der Waals surface area (Å²) in [5, 5.41) is 0. The van der Waals surface area contributed by atoms with Gasteiger partial charge in [-0.2, -0.15) is 0 Å². The van der Waals surface area contributed by atoms with Crippen LogP contribution in [-0.4, -0.2) is 15.5 Å². The molecule has 0 atom stereocenters. The lowest BCUT2D eigenvalue weighted by molar-refractivity contribution is 0.476. The molecule has 0 aromatic heterocycles. The van der Waals surface area contributed by atoms with Crippen LogP contribution in [0.4, 0.5) is 10.1 Å². The second kappa shape index (κ2) is 6.00. The summed E-state index contributed by atoms with van der Waals surface area (Å²) in [4.78, 5) is -0.0437. The summed E-state index contributed by atoms with van der Waals surface area (Å²) in [5.74, 6) is 0.118. The van der Waals surface area contributed by atoms with Gasteiger partial charge in [0, 0.05) is 16.6 Å². The molecular weight excluding hydrogens is 363 g/mol. The van der Waals surface area contributed by atoms with Crippen LogP contribution in [0.1, 0.15) is 0 Å². The molecule has 0 aliphatic carbocycles. The molecule has 0 radical (unpaired) electrons. The molecule has 0 aliphatic heterocycles. The Kier molecular flexibility index (Phi) is 4.50. The second-order valence-electron chi connectivity index (χ2n) is 4.11. The zero-order valence-electron chi connectivity index (χ0n) is 10.9. The molecule has 0 saturated heterocycles. The molecule has 5 nitrogen and oxygen atoms in total. The third-order valence-corrected chi connectivity index (χ3v) is 4.56. The average Bonchev–Trinajstić information content (AvgIpc) is 2.37. The number of sulfonamides is 1. The van der Waals surface area contributed by atoms with Gasteiger partial charge in [0.1, 0.15) is 22.2 Å². The third-order valence-electron chi connectivity index (χ3n) is 2.61. The van der Waals surface area contributed by atoms with Gasteiger partial charge in [0.05, 0.1) is 5.69 Å². The molecule has 0 bridgehead atoms. The van der Waals surface area contributed by atoms with Gasteiger partial charge >= 0.3 is 0 Å². The minimum atomic E-state index is -3.63. The van der Waals surface area contributed by atoms with Crippen molar-refractivity contribution in [2.45, 2.75) is 4.90 Å². The van der Waals surface area contributed by atoms with E-state index in [0.29, 0.717) is 10.2 Å². The fraction of sp³-hybridized carbons (Fsp3) is 0.0769. The van der Waals surface area contributed by atoms with Crippen LogP contribution < -0.4 is 15.2 Å². The quantitative estimate of drug-likeness (QED) is 0.806. The van der Waals surface area contributed by atoms with Crippen molar-refractivity contribution in [3.63, 3.8) is 0 Å². The molecule has 2 rings (SSSR count). The number of anilines is 1. The number of halogens is 2. The highest BCUT2D eigenvalue weighted by Gasteiger charge is 2.15. The van der Waals surface area contributed by atoms with E-state index in [0.717, 1.165) is 0 Å². The highest BCUT2D eigenvalue weighted by atomic mass is 79.9. The molecule has 2 aromatic carbocycles. The topological polar surface area (TPSA) is 81.4 Å². The van der Waals surface area contributed by atoms with Crippen molar-refractivity contribution in [2.75, 3.05) is 12.8 Å².